The Hall–Kier alpha value is -1.90. The van der Waals surface area contributed by atoms with E-state index in [1.54, 1.807) is 18.2 Å². The summed E-state index contributed by atoms with van der Waals surface area (Å²) in [6, 6.07) is 6.99. The maximum atomic E-state index is 11.0. The van der Waals surface area contributed by atoms with Crippen LogP contribution in [0.4, 0.5) is 5.69 Å². The lowest BCUT2D eigenvalue weighted by molar-refractivity contribution is 0.471. The van der Waals surface area contributed by atoms with E-state index in [0.717, 1.165) is 6.07 Å². The van der Waals surface area contributed by atoms with Crippen LogP contribution in [0.25, 0.3) is 10.8 Å². The normalized spacial score (nSPS) is 11.4. The molecule has 0 spiro atoms. The smallest absolute Gasteiger partial charge is 0.294 e. The molecular weight excluding hydrogens is 288 g/mol. The number of phenolic OH excluding ortho intramolecular Hbond substituents is 1. The number of aromatic hydroxyl groups is 1. The summed E-state index contributed by atoms with van der Waals surface area (Å²) < 4.78 is 31.0. The molecular formula is C11H10N2O4S2. The van der Waals surface area contributed by atoms with E-state index in [2.05, 4.69) is 5.32 Å². The number of thiocarbonyl (C=S) groups is 1. The van der Waals surface area contributed by atoms with Crippen molar-refractivity contribution in [3.8, 4) is 5.75 Å². The molecule has 2 aromatic carbocycles. The molecule has 0 heterocycles. The van der Waals surface area contributed by atoms with Crippen molar-refractivity contribution >= 4 is 43.9 Å². The first-order valence-corrected chi connectivity index (χ1v) is 6.93. The first-order chi connectivity index (χ1) is 8.77. The molecule has 2 rings (SSSR count). The Kier molecular flexibility index (Phi) is 3.31. The Bertz CT molecular complexity index is 772. The first kappa shape index (κ1) is 13.5. The van der Waals surface area contributed by atoms with Crippen LogP contribution in [0.15, 0.2) is 35.2 Å². The Morgan fingerprint density at radius 2 is 1.95 bits per heavy atom. The van der Waals surface area contributed by atoms with Crippen molar-refractivity contribution in [2.45, 2.75) is 4.90 Å². The van der Waals surface area contributed by atoms with Gasteiger partial charge in [0.15, 0.2) is 5.11 Å². The van der Waals surface area contributed by atoms with Crippen molar-refractivity contribution in [2.75, 3.05) is 5.32 Å². The van der Waals surface area contributed by atoms with Crippen molar-refractivity contribution in [1.82, 2.24) is 0 Å². The quantitative estimate of drug-likeness (QED) is 0.490. The number of anilines is 1. The summed E-state index contributed by atoms with van der Waals surface area (Å²) in [5.74, 6) is -0.267. The van der Waals surface area contributed by atoms with Gasteiger partial charge in [0, 0.05) is 17.1 Å². The van der Waals surface area contributed by atoms with Crippen LogP contribution in [0.2, 0.25) is 0 Å². The van der Waals surface area contributed by atoms with Gasteiger partial charge in [0.25, 0.3) is 10.1 Å². The van der Waals surface area contributed by atoms with E-state index in [1.165, 1.54) is 6.07 Å². The van der Waals surface area contributed by atoms with Crippen LogP contribution in [0.5, 0.6) is 5.75 Å². The molecule has 19 heavy (non-hydrogen) atoms. The van der Waals surface area contributed by atoms with Gasteiger partial charge in [-0.15, -0.1) is 0 Å². The van der Waals surface area contributed by atoms with Gasteiger partial charge in [-0.3, -0.25) is 4.55 Å². The minimum atomic E-state index is -4.36. The molecule has 0 unspecified atom stereocenters. The molecule has 0 aliphatic heterocycles. The van der Waals surface area contributed by atoms with Crippen LogP contribution in [-0.2, 0) is 10.1 Å². The molecule has 2 aromatic rings. The van der Waals surface area contributed by atoms with E-state index in [9.17, 15) is 13.5 Å². The van der Waals surface area contributed by atoms with Crippen molar-refractivity contribution in [2.24, 2.45) is 5.73 Å². The van der Waals surface area contributed by atoms with E-state index < -0.39 is 10.1 Å². The maximum absolute atomic E-state index is 11.0. The second kappa shape index (κ2) is 4.65. The monoisotopic (exact) mass is 298 g/mol. The molecule has 0 aliphatic rings. The molecule has 0 aromatic heterocycles. The van der Waals surface area contributed by atoms with Gasteiger partial charge in [0.1, 0.15) is 5.75 Å². The van der Waals surface area contributed by atoms with Gasteiger partial charge < -0.3 is 16.2 Å². The molecule has 0 radical (unpaired) electrons. The molecule has 0 atom stereocenters. The molecule has 0 aliphatic carbocycles. The van der Waals surface area contributed by atoms with Crippen LogP contribution < -0.4 is 11.1 Å². The molecule has 6 nitrogen and oxygen atoms in total. The Morgan fingerprint density at radius 3 is 2.53 bits per heavy atom. The third-order valence-electron chi connectivity index (χ3n) is 2.47. The summed E-state index contributed by atoms with van der Waals surface area (Å²) in [6.07, 6.45) is 0. The SMILES string of the molecule is NC(=S)Nc1ccc2cc(S(=O)(=O)O)cc(O)c2c1. The number of fused-ring (bicyclic) bond motifs is 1. The Morgan fingerprint density at radius 1 is 1.26 bits per heavy atom. The number of nitrogens with one attached hydrogen (secondary N) is 1. The van der Waals surface area contributed by atoms with Crippen LogP contribution in [0, 0.1) is 0 Å². The Balaban J connectivity index is 2.63. The zero-order chi connectivity index (χ0) is 14.2. The van der Waals surface area contributed by atoms with Crippen LogP contribution in [0.1, 0.15) is 0 Å². The highest BCUT2D eigenvalue weighted by Gasteiger charge is 2.13. The average Bonchev–Trinajstić information content (AvgIpc) is 2.27. The van der Waals surface area contributed by atoms with Crippen molar-refractivity contribution in [1.29, 1.82) is 0 Å². The minimum absolute atomic E-state index is 0.0772. The van der Waals surface area contributed by atoms with Crippen LogP contribution >= 0.6 is 12.2 Å². The fourth-order valence-corrected chi connectivity index (χ4v) is 2.33. The number of rotatable bonds is 2. The molecule has 0 saturated carbocycles. The van der Waals surface area contributed by atoms with Crippen molar-refractivity contribution in [3.05, 3.63) is 30.3 Å². The van der Waals surface area contributed by atoms with E-state index >= 15 is 0 Å². The van der Waals surface area contributed by atoms with Gasteiger partial charge in [-0.05, 0) is 35.8 Å². The number of nitrogens with two attached hydrogens (primary N) is 1. The molecule has 8 heteroatoms. The highest BCUT2D eigenvalue weighted by Crippen LogP contribution is 2.30. The van der Waals surface area contributed by atoms with E-state index in [-0.39, 0.29) is 15.8 Å². The summed E-state index contributed by atoms with van der Waals surface area (Å²) in [4.78, 5) is -0.368. The third-order valence-corrected chi connectivity index (χ3v) is 3.40. The topological polar surface area (TPSA) is 113 Å². The summed E-state index contributed by atoms with van der Waals surface area (Å²) in [5, 5.41) is 13.5. The van der Waals surface area contributed by atoms with Gasteiger partial charge in [0.05, 0.1) is 4.90 Å². The number of benzene rings is 2. The van der Waals surface area contributed by atoms with E-state index in [4.69, 9.17) is 22.5 Å². The average molecular weight is 298 g/mol. The zero-order valence-corrected chi connectivity index (χ0v) is 11.1. The first-order valence-electron chi connectivity index (χ1n) is 5.08. The standard InChI is InChI=1S/C11H10N2O4S2/c12-11(18)13-7-2-1-6-3-8(19(15,16)17)5-10(14)9(6)4-7/h1-5,14H,(H3,12,13,18)(H,15,16,17). The van der Waals surface area contributed by atoms with Gasteiger partial charge in [-0.1, -0.05) is 6.07 Å². The predicted molar refractivity (Wildman–Crippen MR) is 75.8 cm³/mol. The fraction of sp³-hybridized carbons (Fsp3) is 0. The lowest BCUT2D eigenvalue weighted by Crippen LogP contribution is -2.18. The number of hydrogen-bond donors (Lipinski definition) is 4. The summed E-state index contributed by atoms with van der Waals surface area (Å²) in [7, 11) is -4.36. The number of phenols is 1. The maximum Gasteiger partial charge on any atom is 0.294 e. The highest BCUT2D eigenvalue weighted by molar-refractivity contribution is 7.85. The molecule has 0 saturated heterocycles. The largest absolute Gasteiger partial charge is 0.507 e. The summed E-state index contributed by atoms with van der Waals surface area (Å²) in [6.45, 7) is 0. The minimum Gasteiger partial charge on any atom is -0.507 e. The molecule has 5 N–H and O–H groups in total. The van der Waals surface area contributed by atoms with E-state index in [1.807, 2.05) is 0 Å². The van der Waals surface area contributed by atoms with E-state index in [0.29, 0.717) is 16.5 Å². The lowest BCUT2D eigenvalue weighted by atomic mass is 10.1. The second-order valence-corrected chi connectivity index (χ2v) is 5.70. The predicted octanol–water partition coefficient (Wildman–Crippen LogP) is 1.45. The molecule has 100 valence electrons. The lowest BCUT2D eigenvalue weighted by Gasteiger charge is -2.08. The second-order valence-electron chi connectivity index (χ2n) is 3.84. The molecule has 0 fully saturated rings. The fourth-order valence-electron chi connectivity index (χ4n) is 1.68. The van der Waals surface area contributed by atoms with Crippen LogP contribution in [0.3, 0.4) is 0 Å². The molecule has 0 amide bonds. The van der Waals surface area contributed by atoms with Crippen molar-refractivity contribution in [3.63, 3.8) is 0 Å². The van der Waals surface area contributed by atoms with Crippen molar-refractivity contribution < 1.29 is 18.1 Å². The zero-order valence-electron chi connectivity index (χ0n) is 9.49. The Labute approximate surface area is 114 Å². The highest BCUT2D eigenvalue weighted by atomic mass is 32.2. The van der Waals surface area contributed by atoms with Crippen LogP contribution in [-0.4, -0.2) is 23.2 Å². The van der Waals surface area contributed by atoms with Gasteiger partial charge in [-0.25, -0.2) is 0 Å². The third kappa shape index (κ3) is 2.92. The summed E-state index contributed by atoms with van der Waals surface area (Å²) >= 11 is 4.69. The summed E-state index contributed by atoms with van der Waals surface area (Å²) in [5.41, 5.74) is 5.90. The van der Waals surface area contributed by atoms with Gasteiger partial charge in [0.2, 0.25) is 0 Å². The molecule has 0 bridgehead atoms. The van der Waals surface area contributed by atoms with Gasteiger partial charge in [-0.2, -0.15) is 8.42 Å². The number of hydrogen-bond acceptors (Lipinski definition) is 4. The van der Waals surface area contributed by atoms with Gasteiger partial charge >= 0.3 is 0 Å².